The highest BCUT2D eigenvalue weighted by Gasteiger charge is 2.02. The lowest BCUT2D eigenvalue weighted by atomic mass is 10.1. The molecule has 0 aliphatic carbocycles. The Morgan fingerprint density at radius 2 is 1.79 bits per heavy atom. The van der Waals surface area contributed by atoms with Crippen molar-refractivity contribution in [3.63, 3.8) is 0 Å². The zero-order valence-corrected chi connectivity index (χ0v) is 19.3. The minimum atomic E-state index is 0.478. The van der Waals surface area contributed by atoms with E-state index in [1.54, 1.807) is 12.3 Å². The van der Waals surface area contributed by atoms with Crippen molar-refractivity contribution >= 4 is 17.3 Å². The molecular formula is C26H29N5O2. The highest BCUT2D eigenvalue weighted by molar-refractivity contribution is 5.60. The van der Waals surface area contributed by atoms with E-state index in [2.05, 4.69) is 33.8 Å². The minimum Gasteiger partial charge on any atom is -0.489 e. The molecule has 170 valence electrons. The molecule has 7 heteroatoms. The van der Waals surface area contributed by atoms with E-state index in [0.717, 1.165) is 34.0 Å². The first-order valence-electron chi connectivity index (χ1n) is 10.4. The van der Waals surface area contributed by atoms with Crippen LogP contribution in [0.15, 0.2) is 79.7 Å². The van der Waals surface area contributed by atoms with E-state index in [1.165, 1.54) is 6.33 Å². The Labute approximate surface area is 195 Å². The number of hydrogen-bond donors (Lipinski definition) is 2. The number of nitrogens with one attached hydrogen (secondary N) is 2. The first kappa shape index (κ1) is 25.0. The third kappa shape index (κ3) is 8.75. The molecule has 0 atom stereocenters. The average molecular weight is 444 g/mol. The second-order valence-corrected chi connectivity index (χ2v) is 7.27. The number of ether oxygens (including phenoxy) is 2. The van der Waals surface area contributed by atoms with Crippen molar-refractivity contribution in [1.82, 2.24) is 9.97 Å². The molecule has 0 bridgehead atoms. The number of para-hydroxylation sites is 1. The molecule has 0 unspecified atom stereocenters. The van der Waals surface area contributed by atoms with Crippen LogP contribution in [0, 0.1) is 25.4 Å². The number of rotatable bonds is 9. The molecule has 1 aromatic heterocycles. The molecule has 3 rings (SSSR count). The van der Waals surface area contributed by atoms with Gasteiger partial charge in [-0.1, -0.05) is 49.1 Å². The number of nitrogens with zero attached hydrogens (tertiary/aromatic N) is 3. The first-order valence-corrected chi connectivity index (χ1v) is 10.4. The molecule has 0 radical (unpaired) electrons. The Morgan fingerprint density at radius 1 is 1.09 bits per heavy atom. The van der Waals surface area contributed by atoms with Crippen LogP contribution in [-0.4, -0.2) is 23.1 Å². The van der Waals surface area contributed by atoms with Crippen LogP contribution in [0.2, 0.25) is 0 Å². The summed E-state index contributed by atoms with van der Waals surface area (Å²) >= 11 is 0. The first-order chi connectivity index (χ1) is 15.9. The fourth-order valence-corrected chi connectivity index (χ4v) is 2.74. The molecule has 7 nitrogen and oxygen atoms in total. The van der Waals surface area contributed by atoms with Gasteiger partial charge < -0.3 is 20.1 Å². The molecular weight excluding hydrogens is 414 g/mol. The van der Waals surface area contributed by atoms with Crippen molar-refractivity contribution < 1.29 is 9.47 Å². The third-order valence-electron chi connectivity index (χ3n) is 4.27. The summed E-state index contributed by atoms with van der Waals surface area (Å²) in [4.78, 5) is 8.38. The standard InChI is InChI=1S/C17H20N4O.C9H9NO/c1-4-8-22-15-7-5-6-14(9-15)21-17-10-16(19-12-20-17)18-11-13(2)3;1-7-4-3-5-8(2)9(7)11-6-10/h4-7,9-10,12H,1-2,8,11H2,3H3,(H2,18,19,20,21);3-5H,1-2H3. The molecule has 1 heterocycles. The number of hydrogen-bond acceptors (Lipinski definition) is 7. The molecule has 0 aliphatic heterocycles. The second kappa shape index (κ2) is 13.2. The van der Waals surface area contributed by atoms with Crippen LogP contribution in [0.4, 0.5) is 17.3 Å². The molecule has 2 N–H and O–H groups in total. The van der Waals surface area contributed by atoms with Gasteiger partial charge in [0.25, 0.3) is 6.26 Å². The summed E-state index contributed by atoms with van der Waals surface area (Å²) in [6, 6.07) is 15.3. The van der Waals surface area contributed by atoms with Gasteiger partial charge in [0.2, 0.25) is 0 Å². The summed E-state index contributed by atoms with van der Waals surface area (Å²) in [7, 11) is 0. The van der Waals surface area contributed by atoms with Crippen molar-refractivity contribution in [2.45, 2.75) is 20.8 Å². The average Bonchev–Trinajstić information content (AvgIpc) is 2.80. The topological polar surface area (TPSA) is 92.1 Å². The van der Waals surface area contributed by atoms with Crippen LogP contribution in [0.3, 0.4) is 0 Å². The van der Waals surface area contributed by atoms with Gasteiger partial charge in [0.15, 0.2) is 0 Å². The normalized spacial score (nSPS) is 9.52. The van der Waals surface area contributed by atoms with E-state index >= 15 is 0 Å². The van der Waals surface area contributed by atoms with Crippen LogP contribution < -0.4 is 20.1 Å². The van der Waals surface area contributed by atoms with Crippen molar-refractivity contribution in [3.8, 4) is 17.8 Å². The van der Waals surface area contributed by atoms with E-state index in [-0.39, 0.29) is 0 Å². The Balaban J connectivity index is 0.000000294. The van der Waals surface area contributed by atoms with Gasteiger partial charge in [-0.15, -0.1) is 5.26 Å². The van der Waals surface area contributed by atoms with Gasteiger partial charge >= 0.3 is 0 Å². The smallest absolute Gasteiger partial charge is 0.292 e. The molecule has 3 aromatic rings. The van der Waals surface area contributed by atoms with Crippen molar-refractivity contribution in [2.24, 2.45) is 0 Å². The van der Waals surface area contributed by atoms with E-state index in [4.69, 9.17) is 14.7 Å². The van der Waals surface area contributed by atoms with Crippen LogP contribution in [0.5, 0.6) is 11.5 Å². The quantitative estimate of drug-likeness (QED) is 0.312. The van der Waals surface area contributed by atoms with Crippen LogP contribution in [0.25, 0.3) is 0 Å². The van der Waals surface area contributed by atoms with Crippen LogP contribution in [0.1, 0.15) is 18.1 Å². The van der Waals surface area contributed by atoms with Crippen molar-refractivity contribution in [2.75, 3.05) is 23.8 Å². The number of aromatic nitrogens is 2. The predicted molar refractivity (Wildman–Crippen MR) is 133 cm³/mol. The highest BCUT2D eigenvalue weighted by atomic mass is 16.5. The van der Waals surface area contributed by atoms with Crippen LogP contribution >= 0.6 is 0 Å². The van der Waals surface area contributed by atoms with E-state index < -0.39 is 0 Å². The number of aryl methyl sites for hydroxylation is 2. The Morgan fingerprint density at radius 3 is 2.45 bits per heavy atom. The van der Waals surface area contributed by atoms with Gasteiger partial charge in [0, 0.05) is 24.4 Å². The molecule has 33 heavy (non-hydrogen) atoms. The van der Waals surface area contributed by atoms with Gasteiger partial charge in [0.05, 0.1) is 0 Å². The van der Waals surface area contributed by atoms with E-state index in [0.29, 0.717) is 24.7 Å². The molecule has 0 fully saturated rings. The van der Waals surface area contributed by atoms with Gasteiger partial charge in [-0.05, 0) is 44.0 Å². The zero-order chi connectivity index (χ0) is 24.1. The maximum absolute atomic E-state index is 8.30. The predicted octanol–water partition coefficient (Wildman–Crippen LogP) is 5.94. The molecule has 0 aliphatic rings. The summed E-state index contributed by atoms with van der Waals surface area (Å²) in [5.74, 6) is 2.91. The molecule has 2 aromatic carbocycles. The molecule has 0 saturated carbocycles. The summed E-state index contributed by atoms with van der Waals surface area (Å²) in [6.45, 7) is 14.4. The molecule has 0 amide bonds. The molecule has 0 spiro atoms. The number of benzene rings is 2. The van der Waals surface area contributed by atoms with E-state index in [1.807, 2.05) is 69.3 Å². The Hall–Kier alpha value is -4.31. The summed E-state index contributed by atoms with van der Waals surface area (Å²) in [6.07, 6.45) is 4.89. The van der Waals surface area contributed by atoms with Crippen molar-refractivity contribution in [1.29, 1.82) is 5.26 Å². The maximum Gasteiger partial charge on any atom is 0.292 e. The summed E-state index contributed by atoms with van der Waals surface area (Å²) in [5.41, 5.74) is 3.92. The lowest BCUT2D eigenvalue weighted by Gasteiger charge is -2.10. The zero-order valence-electron chi connectivity index (χ0n) is 19.3. The van der Waals surface area contributed by atoms with E-state index in [9.17, 15) is 0 Å². The second-order valence-electron chi connectivity index (χ2n) is 7.27. The summed E-state index contributed by atoms with van der Waals surface area (Å²) in [5, 5.41) is 14.7. The third-order valence-corrected chi connectivity index (χ3v) is 4.27. The summed E-state index contributed by atoms with van der Waals surface area (Å²) < 4.78 is 10.3. The minimum absolute atomic E-state index is 0.478. The number of nitriles is 1. The van der Waals surface area contributed by atoms with Crippen molar-refractivity contribution in [3.05, 3.63) is 90.8 Å². The lowest BCUT2D eigenvalue weighted by Crippen LogP contribution is -2.05. The fraction of sp³-hybridized carbons (Fsp3) is 0.192. The largest absolute Gasteiger partial charge is 0.489 e. The maximum atomic E-state index is 8.30. The van der Waals surface area contributed by atoms with Gasteiger partial charge in [-0.25, -0.2) is 9.97 Å². The fourth-order valence-electron chi connectivity index (χ4n) is 2.74. The number of anilines is 3. The van der Waals surface area contributed by atoms with Gasteiger partial charge in [0.1, 0.15) is 36.1 Å². The van der Waals surface area contributed by atoms with Gasteiger partial charge in [-0.2, -0.15) is 0 Å². The Bertz CT molecular complexity index is 1100. The molecule has 0 saturated heterocycles. The lowest BCUT2D eigenvalue weighted by molar-refractivity contribution is 0.363. The van der Waals surface area contributed by atoms with Gasteiger partial charge in [-0.3, -0.25) is 0 Å². The SMILES string of the molecule is C=CCOc1cccc(Nc2cc(NCC(=C)C)ncn2)c1.Cc1cccc(C)c1OC#N. The highest BCUT2D eigenvalue weighted by Crippen LogP contribution is 2.22. The Kier molecular flexibility index (Phi) is 9.96. The monoisotopic (exact) mass is 443 g/mol. The van der Waals surface area contributed by atoms with Crippen LogP contribution in [-0.2, 0) is 0 Å².